The van der Waals surface area contributed by atoms with Gasteiger partial charge in [-0.2, -0.15) is 13.2 Å². The van der Waals surface area contributed by atoms with Gasteiger partial charge in [-0.15, -0.1) is 0 Å². The second-order valence-corrected chi connectivity index (χ2v) is 5.28. The van der Waals surface area contributed by atoms with Crippen LogP contribution in [0.5, 0.6) is 0 Å². The fraction of sp³-hybridized carbons (Fsp3) is 0.750. The van der Waals surface area contributed by atoms with Gasteiger partial charge in [0.1, 0.15) is 12.1 Å². The Bertz CT molecular complexity index is 465. The van der Waals surface area contributed by atoms with Crippen molar-refractivity contribution in [3.8, 4) is 0 Å². The van der Waals surface area contributed by atoms with Gasteiger partial charge in [0, 0.05) is 20.0 Å². The highest BCUT2D eigenvalue weighted by atomic mass is 19.4. The summed E-state index contributed by atoms with van der Waals surface area (Å²) in [5, 5.41) is 0. The summed E-state index contributed by atoms with van der Waals surface area (Å²) in [5.74, 6) is -0.149. The Morgan fingerprint density at radius 1 is 1.14 bits per heavy atom. The van der Waals surface area contributed by atoms with Gasteiger partial charge in [0.25, 0.3) is 0 Å². The predicted octanol–water partition coefficient (Wildman–Crippen LogP) is 0.0586. The van der Waals surface area contributed by atoms with Gasteiger partial charge in [0.05, 0.1) is 19.6 Å². The van der Waals surface area contributed by atoms with Crippen LogP contribution in [0.3, 0.4) is 0 Å². The fourth-order valence-electron chi connectivity index (χ4n) is 2.37. The summed E-state index contributed by atoms with van der Waals surface area (Å²) in [6.07, 6.45) is -5.82. The van der Waals surface area contributed by atoms with Crippen molar-refractivity contribution in [2.24, 2.45) is 0 Å². The summed E-state index contributed by atoms with van der Waals surface area (Å²) >= 11 is 0. The SMILES string of the molecule is CC(=O)N1CC(OC(=O)N2CCN(C=O)C(C(F)(F)F)C2)C1. The average molecular weight is 323 g/mol. The van der Waals surface area contributed by atoms with Gasteiger partial charge in [-0.05, 0) is 0 Å². The minimum Gasteiger partial charge on any atom is -0.442 e. The first kappa shape index (κ1) is 16.4. The average Bonchev–Trinajstić information content (AvgIpc) is 2.39. The number of hydrogen-bond acceptors (Lipinski definition) is 4. The normalized spacial score (nSPS) is 23.1. The molecule has 0 aliphatic carbocycles. The van der Waals surface area contributed by atoms with Crippen molar-refractivity contribution in [3.63, 3.8) is 0 Å². The van der Waals surface area contributed by atoms with E-state index in [0.717, 1.165) is 4.90 Å². The van der Waals surface area contributed by atoms with Crippen LogP contribution in [0.25, 0.3) is 0 Å². The minimum atomic E-state index is -4.61. The summed E-state index contributed by atoms with van der Waals surface area (Å²) in [4.78, 5) is 36.6. The third-order valence-corrected chi connectivity index (χ3v) is 3.75. The highest BCUT2D eigenvalue weighted by Crippen LogP contribution is 2.27. The molecule has 22 heavy (non-hydrogen) atoms. The molecule has 0 aromatic carbocycles. The third kappa shape index (κ3) is 3.42. The first-order valence-electron chi connectivity index (χ1n) is 6.71. The van der Waals surface area contributed by atoms with Crippen LogP contribution in [0.1, 0.15) is 6.92 Å². The van der Waals surface area contributed by atoms with Crippen molar-refractivity contribution in [2.45, 2.75) is 25.2 Å². The maximum atomic E-state index is 12.9. The standard InChI is InChI=1S/C12H16F3N3O4/c1-8(20)18-4-9(5-18)22-11(21)16-2-3-17(7-19)10(6-16)12(13,14)15/h7,9-10H,2-6H2,1H3. The van der Waals surface area contributed by atoms with E-state index >= 15 is 0 Å². The lowest BCUT2D eigenvalue weighted by Crippen LogP contribution is -2.61. The largest absolute Gasteiger partial charge is 0.442 e. The van der Waals surface area contributed by atoms with Crippen molar-refractivity contribution in [1.82, 2.24) is 14.7 Å². The van der Waals surface area contributed by atoms with E-state index in [4.69, 9.17) is 4.74 Å². The predicted molar refractivity (Wildman–Crippen MR) is 66.7 cm³/mol. The number of piperazine rings is 1. The van der Waals surface area contributed by atoms with Crippen LogP contribution in [0.15, 0.2) is 0 Å². The van der Waals surface area contributed by atoms with Gasteiger partial charge < -0.3 is 19.4 Å². The van der Waals surface area contributed by atoms with E-state index in [2.05, 4.69) is 0 Å². The van der Waals surface area contributed by atoms with Crippen LogP contribution in [0.4, 0.5) is 18.0 Å². The summed E-state index contributed by atoms with van der Waals surface area (Å²) in [6.45, 7) is 1.01. The molecule has 2 aliphatic heterocycles. The van der Waals surface area contributed by atoms with Gasteiger partial charge in [0.2, 0.25) is 12.3 Å². The van der Waals surface area contributed by atoms with Gasteiger partial charge in [-0.25, -0.2) is 4.79 Å². The number of carbonyl (C=O) groups excluding carboxylic acids is 3. The molecule has 1 unspecified atom stereocenters. The van der Waals surface area contributed by atoms with Crippen LogP contribution in [0.2, 0.25) is 0 Å². The lowest BCUT2D eigenvalue weighted by atomic mass is 10.1. The second kappa shape index (κ2) is 6.01. The van der Waals surface area contributed by atoms with Crippen LogP contribution >= 0.6 is 0 Å². The van der Waals surface area contributed by atoms with E-state index in [1.54, 1.807) is 0 Å². The first-order chi connectivity index (χ1) is 10.2. The molecule has 0 bridgehead atoms. The minimum absolute atomic E-state index is 0.0205. The molecule has 0 saturated carbocycles. The van der Waals surface area contributed by atoms with Crippen LogP contribution < -0.4 is 0 Å². The number of rotatable bonds is 2. The topological polar surface area (TPSA) is 70.2 Å². The molecule has 3 amide bonds. The Morgan fingerprint density at radius 2 is 1.77 bits per heavy atom. The Labute approximate surface area is 124 Å². The summed E-state index contributed by atoms with van der Waals surface area (Å²) in [6, 6.07) is -2.03. The first-order valence-corrected chi connectivity index (χ1v) is 6.71. The molecule has 1 atom stereocenters. The van der Waals surface area contributed by atoms with Crippen molar-refractivity contribution < 1.29 is 32.3 Å². The second-order valence-electron chi connectivity index (χ2n) is 5.28. The molecule has 124 valence electrons. The fourth-order valence-corrected chi connectivity index (χ4v) is 2.37. The van der Waals surface area contributed by atoms with Gasteiger partial charge in [-0.3, -0.25) is 9.59 Å². The molecule has 2 heterocycles. The van der Waals surface area contributed by atoms with Crippen LogP contribution in [0, 0.1) is 0 Å². The van der Waals surface area contributed by atoms with Crippen LogP contribution in [-0.2, 0) is 14.3 Å². The zero-order valence-corrected chi connectivity index (χ0v) is 11.9. The molecule has 10 heteroatoms. The van der Waals surface area contributed by atoms with E-state index in [1.807, 2.05) is 0 Å². The molecule has 0 aromatic heterocycles. The van der Waals surface area contributed by atoms with Gasteiger partial charge >= 0.3 is 12.3 Å². The van der Waals surface area contributed by atoms with Gasteiger partial charge in [0.15, 0.2) is 0 Å². The third-order valence-electron chi connectivity index (χ3n) is 3.75. The number of likely N-dealkylation sites (tertiary alicyclic amines) is 1. The number of halogens is 3. The van der Waals surface area contributed by atoms with Crippen molar-refractivity contribution in [2.75, 3.05) is 32.7 Å². The molecule has 2 fully saturated rings. The van der Waals surface area contributed by atoms with Crippen molar-refractivity contribution in [1.29, 1.82) is 0 Å². The zero-order valence-electron chi connectivity index (χ0n) is 11.9. The maximum Gasteiger partial charge on any atom is 0.410 e. The number of hydrogen-bond donors (Lipinski definition) is 0. The van der Waals surface area contributed by atoms with Crippen LogP contribution in [-0.4, -0.2) is 84.2 Å². The summed E-state index contributed by atoms with van der Waals surface area (Å²) in [7, 11) is 0. The van der Waals surface area contributed by atoms with Crippen molar-refractivity contribution >= 4 is 18.4 Å². The molecule has 7 nitrogen and oxygen atoms in total. The van der Waals surface area contributed by atoms with E-state index in [9.17, 15) is 27.6 Å². The van der Waals surface area contributed by atoms with E-state index in [0.29, 0.717) is 4.90 Å². The van der Waals surface area contributed by atoms with Crippen molar-refractivity contribution in [3.05, 3.63) is 0 Å². The maximum absolute atomic E-state index is 12.9. The molecule has 0 radical (unpaired) electrons. The molecule has 0 aromatic rings. The van der Waals surface area contributed by atoms with E-state index in [-0.39, 0.29) is 38.5 Å². The molecule has 2 aliphatic rings. The lowest BCUT2D eigenvalue weighted by Gasteiger charge is -2.42. The smallest absolute Gasteiger partial charge is 0.410 e. The Morgan fingerprint density at radius 3 is 2.27 bits per heavy atom. The van der Waals surface area contributed by atoms with Gasteiger partial charge in [-0.1, -0.05) is 0 Å². The number of amides is 3. The monoisotopic (exact) mass is 323 g/mol. The quantitative estimate of drug-likeness (QED) is 0.674. The molecular formula is C12H16F3N3O4. The molecule has 0 spiro atoms. The molecule has 2 rings (SSSR count). The Kier molecular flexibility index (Phi) is 4.47. The number of ether oxygens (including phenoxy) is 1. The van der Waals surface area contributed by atoms with E-state index in [1.165, 1.54) is 11.8 Å². The number of nitrogens with zero attached hydrogens (tertiary/aromatic N) is 3. The lowest BCUT2D eigenvalue weighted by molar-refractivity contribution is -0.195. The zero-order chi connectivity index (χ0) is 16.5. The molecule has 2 saturated heterocycles. The number of carbonyl (C=O) groups is 3. The highest BCUT2D eigenvalue weighted by molar-refractivity contribution is 5.74. The Hall–Kier alpha value is -2.00. The molecule has 0 N–H and O–H groups in total. The summed E-state index contributed by atoms with van der Waals surface area (Å²) in [5.41, 5.74) is 0. The molecular weight excluding hydrogens is 307 g/mol. The Balaban J connectivity index is 1.89. The summed E-state index contributed by atoms with van der Waals surface area (Å²) < 4.78 is 43.7. The highest BCUT2D eigenvalue weighted by Gasteiger charge is 2.47. The number of alkyl halides is 3. The van der Waals surface area contributed by atoms with E-state index < -0.39 is 31.0 Å².